The summed E-state index contributed by atoms with van der Waals surface area (Å²) < 4.78 is 32.7. The van der Waals surface area contributed by atoms with Crippen LogP contribution in [0.2, 0.25) is 0 Å². The highest BCUT2D eigenvalue weighted by atomic mass is 32.2. The van der Waals surface area contributed by atoms with Crippen molar-refractivity contribution in [3.05, 3.63) is 36.5 Å². The Balaban J connectivity index is 3.92. The number of nitrogens with one attached hydrogen (secondary N) is 1. The van der Waals surface area contributed by atoms with E-state index >= 15 is 0 Å². The maximum Gasteiger partial charge on any atom is 0.267 e. The van der Waals surface area contributed by atoms with E-state index in [9.17, 15) is 28.0 Å². The molecule has 0 saturated carbocycles. The number of rotatable bonds is 43. The van der Waals surface area contributed by atoms with Crippen LogP contribution in [0.1, 0.15) is 239 Å². The number of hydrogen-bond acceptors (Lipinski definition) is 5. The summed E-state index contributed by atoms with van der Waals surface area (Å²) >= 11 is 0. The van der Waals surface area contributed by atoms with Crippen molar-refractivity contribution in [1.82, 2.24) is 5.32 Å². The summed E-state index contributed by atoms with van der Waals surface area (Å²) in [6.45, 7) is 4.43. The van der Waals surface area contributed by atoms with Gasteiger partial charge in [-0.2, -0.15) is 8.42 Å². The second-order valence-corrected chi connectivity index (χ2v) is 18.0. The summed E-state index contributed by atoms with van der Waals surface area (Å²) in [4.78, 5) is 12.6. The topological polar surface area (TPSA) is 124 Å². The zero-order valence-electron chi connectivity index (χ0n) is 36.6. The maximum atomic E-state index is 12.6. The SMILES string of the molecule is CC/C=C\C/C=C\CCCCCCCCCCCCCCCC(O)C(=O)NC(CS(=O)(=O)O)C(O)/C=C/CCCCCCCCCCCCCCCCCCC. The first-order chi connectivity index (χ1) is 27.2. The lowest BCUT2D eigenvalue weighted by molar-refractivity contribution is -0.130. The van der Waals surface area contributed by atoms with Crippen LogP contribution in [0.5, 0.6) is 0 Å². The van der Waals surface area contributed by atoms with Crippen molar-refractivity contribution in [2.45, 2.75) is 257 Å². The van der Waals surface area contributed by atoms with Crippen molar-refractivity contribution in [3.8, 4) is 0 Å². The number of carbonyl (C=O) groups is 1. The van der Waals surface area contributed by atoms with E-state index in [4.69, 9.17) is 0 Å². The minimum atomic E-state index is -4.44. The summed E-state index contributed by atoms with van der Waals surface area (Å²) in [6, 6.07) is -1.23. The minimum Gasteiger partial charge on any atom is -0.387 e. The molecule has 0 aliphatic heterocycles. The standard InChI is InChI=1S/C48H91NO6S/c1-3-5-7-9-11-13-15-17-19-21-23-25-27-29-31-33-35-37-39-41-43-47(51)48(52)49-45(44-56(53,54)55)46(50)42-40-38-36-34-32-30-28-26-24-22-20-18-16-14-12-10-8-6-4-2/h5,7,11,13,40,42,45-47,50-51H,3-4,6,8-10,12,14-39,41,43-44H2,1-2H3,(H,49,52)(H,53,54,55)/b7-5-,13-11-,42-40+. The largest absolute Gasteiger partial charge is 0.387 e. The fourth-order valence-electron chi connectivity index (χ4n) is 7.32. The second kappa shape index (κ2) is 41.7. The van der Waals surface area contributed by atoms with E-state index in [1.165, 1.54) is 167 Å². The third-order valence-electron chi connectivity index (χ3n) is 10.9. The van der Waals surface area contributed by atoms with Gasteiger partial charge in [-0.15, -0.1) is 0 Å². The Labute approximate surface area is 347 Å². The van der Waals surface area contributed by atoms with Gasteiger partial charge in [0.05, 0.1) is 17.9 Å². The molecule has 7 nitrogen and oxygen atoms in total. The first-order valence-corrected chi connectivity index (χ1v) is 25.4. The average molecular weight is 810 g/mol. The summed E-state index contributed by atoms with van der Waals surface area (Å²) in [5.41, 5.74) is 0. The van der Waals surface area contributed by atoms with E-state index in [1.807, 2.05) is 6.08 Å². The molecule has 0 aromatic carbocycles. The van der Waals surface area contributed by atoms with Gasteiger partial charge in [-0.3, -0.25) is 9.35 Å². The molecule has 0 saturated heterocycles. The highest BCUT2D eigenvalue weighted by molar-refractivity contribution is 7.85. The average Bonchev–Trinajstić information content (AvgIpc) is 3.17. The van der Waals surface area contributed by atoms with E-state index in [-0.39, 0.29) is 6.42 Å². The van der Waals surface area contributed by atoms with E-state index in [1.54, 1.807) is 0 Å². The molecule has 0 heterocycles. The third kappa shape index (κ3) is 40.7. The lowest BCUT2D eigenvalue weighted by Crippen LogP contribution is -2.50. The molecular formula is C48H91NO6S. The monoisotopic (exact) mass is 810 g/mol. The number of unbranched alkanes of at least 4 members (excludes halogenated alkanes) is 30. The summed E-state index contributed by atoms with van der Waals surface area (Å²) in [7, 11) is -4.44. The van der Waals surface area contributed by atoms with Crippen molar-refractivity contribution in [2.75, 3.05) is 5.75 Å². The van der Waals surface area contributed by atoms with Gasteiger partial charge in [-0.05, 0) is 44.9 Å². The van der Waals surface area contributed by atoms with Crippen LogP contribution in [-0.2, 0) is 14.9 Å². The first kappa shape index (κ1) is 54.5. The predicted octanol–water partition coefficient (Wildman–Crippen LogP) is 13.4. The predicted molar refractivity (Wildman–Crippen MR) is 241 cm³/mol. The van der Waals surface area contributed by atoms with E-state index < -0.39 is 40.0 Å². The van der Waals surface area contributed by atoms with E-state index in [0.29, 0.717) is 6.42 Å². The Morgan fingerprint density at radius 2 is 0.893 bits per heavy atom. The van der Waals surface area contributed by atoms with Gasteiger partial charge in [0, 0.05) is 0 Å². The molecule has 0 fully saturated rings. The van der Waals surface area contributed by atoms with Crippen molar-refractivity contribution in [1.29, 1.82) is 0 Å². The second-order valence-electron chi connectivity index (χ2n) is 16.5. The first-order valence-electron chi connectivity index (χ1n) is 23.8. The van der Waals surface area contributed by atoms with Crippen LogP contribution < -0.4 is 5.32 Å². The van der Waals surface area contributed by atoms with Gasteiger partial charge in [-0.1, -0.05) is 230 Å². The molecule has 8 heteroatoms. The molecule has 0 aliphatic rings. The van der Waals surface area contributed by atoms with Gasteiger partial charge in [0.2, 0.25) is 5.91 Å². The van der Waals surface area contributed by atoms with Crippen molar-refractivity contribution < 1.29 is 28.0 Å². The Morgan fingerprint density at radius 3 is 1.30 bits per heavy atom. The Kier molecular flexibility index (Phi) is 40.6. The molecule has 4 N–H and O–H groups in total. The molecule has 330 valence electrons. The van der Waals surface area contributed by atoms with Crippen LogP contribution in [0.3, 0.4) is 0 Å². The third-order valence-corrected chi connectivity index (χ3v) is 11.7. The lowest BCUT2D eigenvalue weighted by Gasteiger charge is -2.22. The lowest BCUT2D eigenvalue weighted by atomic mass is 10.0. The highest BCUT2D eigenvalue weighted by Gasteiger charge is 2.27. The summed E-state index contributed by atoms with van der Waals surface area (Å²) in [6.07, 6.45) is 52.0. The molecule has 0 aromatic rings. The maximum absolute atomic E-state index is 12.6. The van der Waals surface area contributed by atoms with E-state index in [2.05, 4.69) is 43.5 Å². The molecule has 56 heavy (non-hydrogen) atoms. The molecule has 0 aromatic heterocycles. The van der Waals surface area contributed by atoms with Crippen LogP contribution in [0.4, 0.5) is 0 Å². The van der Waals surface area contributed by atoms with E-state index in [0.717, 1.165) is 51.4 Å². The highest BCUT2D eigenvalue weighted by Crippen LogP contribution is 2.16. The van der Waals surface area contributed by atoms with Gasteiger partial charge < -0.3 is 15.5 Å². The summed E-state index contributed by atoms with van der Waals surface area (Å²) in [5, 5.41) is 23.5. The van der Waals surface area contributed by atoms with Crippen LogP contribution in [0.15, 0.2) is 36.5 Å². The molecule has 0 bridgehead atoms. The van der Waals surface area contributed by atoms with Crippen LogP contribution in [0.25, 0.3) is 0 Å². The Morgan fingerprint density at radius 1 is 0.518 bits per heavy atom. The molecule has 0 spiro atoms. The molecule has 3 atom stereocenters. The van der Waals surface area contributed by atoms with Crippen LogP contribution in [-0.4, -0.2) is 53.1 Å². The minimum absolute atomic E-state index is 0.280. The van der Waals surface area contributed by atoms with Gasteiger partial charge in [-0.25, -0.2) is 0 Å². The van der Waals surface area contributed by atoms with Crippen molar-refractivity contribution >= 4 is 16.0 Å². The zero-order chi connectivity index (χ0) is 41.2. The van der Waals surface area contributed by atoms with Gasteiger partial charge in [0.1, 0.15) is 6.10 Å². The number of aliphatic hydroxyl groups excluding tert-OH is 2. The normalized spacial score (nSPS) is 14.0. The van der Waals surface area contributed by atoms with Crippen molar-refractivity contribution in [2.24, 2.45) is 0 Å². The van der Waals surface area contributed by atoms with Gasteiger partial charge in [0.15, 0.2) is 0 Å². The molecule has 3 unspecified atom stereocenters. The summed E-state index contributed by atoms with van der Waals surface area (Å²) in [5.74, 6) is -1.53. The molecular weight excluding hydrogens is 719 g/mol. The number of carbonyl (C=O) groups excluding carboxylic acids is 1. The van der Waals surface area contributed by atoms with Gasteiger partial charge in [0.25, 0.3) is 10.1 Å². The van der Waals surface area contributed by atoms with Crippen LogP contribution in [0, 0.1) is 0 Å². The Hall–Kier alpha value is -1.48. The smallest absolute Gasteiger partial charge is 0.267 e. The molecule has 0 aliphatic carbocycles. The molecule has 1 amide bonds. The van der Waals surface area contributed by atoms with Crippen molar-refractivity contribution in [3.63, 3.8) is 0 Å². The fraction of sp³-hybridized carbons (Fsp3) is 0.854. The molecule has 0 rings (SSSR count). The Bertz CT molecular complexity index is 1040. The molecule has 0 radical (unpaired) electrons. The fourth-order valence-corrected chi connectivity index (χ4v) is 8.05. The quantitative estimate of drug-likeness (QED) is 0.0276. The number of hydrogen-bond donors (Lipinski definition) is 4. The van der Waals surface area contributed by atoms with Gasteiger partial charge >= 0.3 is 0 Å². The number of amides is 1. The zero-order valence-corrected chi connectivity index (χ0v) is 37.4. The number of aliphatic hydroxyl groups is 2. The number of allylic oxidation sites excluding steroid dienone is 5. The van der Waals surface area contributed by atoms with Crippen LogP contribution >= 0.6 is 0 Å².